The van der Waals surface area contributed by atoms with Gasteiger partial charge in [-0.15, -0.1) is 12.4 Å². The number of nitrogens with two attached hydrogens (primary N) is 1. The molecule has 0 radical (unpaired) electrons. The fourth-order valence-corrected chi connectivity index (χ4v) is 6.77. The molecule has 0 saturated heterocycles. The van der Waals surface area contributed by atoms with Crippen molar-refractivity contribution in [3.8, 4) is 23.0 Å². The predicted molar refractivity (Wildman–Crippen MR) is 240 cm³/mol. The maximum Gasteiger partial charge on any atom is 0.126 e. The molecule has 3 N–H and O–H groups in total. The Morgan fingerprint density at radius 1 is 0.561 bits per heavy atom. The van der Waals surface area contributed by atoms with Gasteiger partial charge in [0.15, 0.2) is 0 Å². The molecule has 57 heavy (non-hydrogen) atoms. The van der Waals surface area contributed by atoms with Crippen LogP contribution in [0, 0.1) is 0 Å². The zero-order valence-corrected chi connectivity index (χ0v) is 34.1. The van der Waals surface area contributed by atoms with E-state index < -0.39 is 0 Å². The molecule has 0 aromatic heterocycles. The first-order valence-corrected chi connectivity index (χ1v) is 20.2. The Morgan fingerprint density at radius 2 is 0.982 bits per heavy atom. The van der Waals surface area contributed by atoms with Crippen LogP contribution >= 0.6 is 28.3 Å². The van der Waals surface area contributed by atoms with E-state index in [0.717, 1.165) is 67.1 Å². The number of aryl methyl sites for hydroxylation is 2. The summed E-state index contributed by atoms with van der Waals surface area (Å²) < 4.78 is 23.9. The highest BCUT2D eigenvalue weighted by molar-refractivity contribution is 9.09. The maximum absolute atomic E-state index is 6.22. The topological polar surface area (TPSA) is 75.0 Å². The lowest BCUT2D eigenvalue weighted by Gasteiger charge is -2.27. The molecule has 2 aliphatic heterocycles. The van der Waals surface area contributed by atoms with Crippen LogP contribution in [0.4, 0.5) is 0 Å². The summed E-state index contributed by atoms with van der Waals surface area (Å²) in [6.07, 6.45) is 4.70. The van der Waals surface area contributed by atoms with Gasteiger partial charge in [-0.3, -0.25) is 0 Å². The van der Waals surface area contributed by atoms with E-state index in [1.807, 2.05) is 97.1 Å². The van der Waals surface area contributed by atoms with E-state index in [1.165, 1.54) is 33.4 Å². The summed E-state index contributed by atoms with van der Waals surface area (Å²) in [6.45, 7) is 3.52. The second kappa shape index (κ2) is 24.8. The molecule has 2 heterocycles. The number of nitrogens with one attached hydrogen (secondary N) is 1. The van der Waals surface area contributed by atoms with Crippen LogP contribution in [0.25, 0.3) is 0 Å². The summed E-state index contributed by atoms with van der Waals surface area (Å²) in [6, 6.07) is 53.2. The summed E-state index contributed by atoms with van der Waals surface area (Å²) in [5.41, 5.74) is 12.7. The predicted octanol–water partition coefficient (Wildman–Crippen LogP) is 11.3. The number of fused-ring (bicyclic) bond motifs is 2. The number of ether oxygens (including phenoxy) is 4. The number of rotatable bonds is 12. The van der Waals surface area contributed by atoms with Crippen molar-refractivity contribution in [3.63, 3.8) is 0 Å². The van der Waals surface area contributed by atoms with Crippen LogP contribution in [0.1, 0.15) is 53.6 Å². The summed E-state index contributed by atoms with van der Waals surface area (Å²) >= 11 is 3.49. The van der Waals surface area contributed by atoms with Crippen LogP contribution in [0.3, 0.4) is 0 Å². The molecule has 8 rings (SSSR count). The van der Waals surface area contributed by atoms with E-state index in [1.54, 1.807) is 0 Å². The van der Waals surface area contributed by atoms with Gasteiger partial charge in [-0.25, -0.2) is 0 Å². The highest BCUT2D eigenvalue weighted by atomic mass is 79.9. The van der Waals surface area contributed by atoms with Crippen LogP contribution in [0.5, 0.6) is 23.0 Å². The van der Waals surface area contributed by atoms with Gasteiger partial charge in [-0.2, -0.15) is 0 Å². The number of hydrogen-bond donors (Lipinski definition) is 2. The van der Waals surface area contributed by atoms with E-state index >= 15 is 0 Å². The lowest BCUT2D eigenvalue weighted by Crippen LogP contribution is -2.33. The molecular formula is C49H56BrClN2O4. The Balaban J connectivity index is 0.000000211. The second-order valence-corrected chi connectivity index (χ2v) is 14.3. The monoisotopic (exact) mass is 850 g/mol. The van der Waals surface area contributed by atoms with Crippen molar-refractivity contribution in [2.45, 2.75) is 71.6 Å². The number of hydrogen-bond acceptors (Lipinski definition) is 6. The molecule has 0 spiro atoms. The summed E-state index contributed by atoms with van der Waals surface area (Å²) in [5, 5.41) is 4.38. The molecule has 8 heteroatoms. The van der Waals surface area contributed by atoms with Gasteiger partial charge in [0.25, 0.3) is 0 Å². The molecule has 6 nitrogen and oxygen atoms in total. The second-order valence-electron chi connectivity index (χ2n) is 13.6. The summed E-state index contributed by atoms with van der Waals surface area (Å²) in [5.74, 6) is 3.64. The van der Waals surface area contributed by atoms with Crippen molar-refractivity contribution >= 4 is 28.3 Å². The molecular weight excluding hydrogens is 796 g/mol. The van der Waals surface area contributed by atoms with Gasteiger partial charge in [-0.05, 0) is 71.2 Å². The van der Waals surface area contributed by atoms with Crippen molar-refractivity contribution in [3.05, 3.63) is 191 Å². The molecule has 0 bridgehead atoms. The zero-order valence-electron chi connectivity index (χ0n) is 31.7. The van der Waals surface area contributed by atoms with Gasteiger partial charge < -0.3 is 30.0 Å². The standard InChI is InChI=1S/C24H25NO2.C17H17BrO2.C7H9N.CH4.ClH/c1-3-7-19(8-4-1)16-25-17-23-14-12-21-11-13-22(15-24(21)27-23)26-18-20-9-5-2-6-10-20;18-11-16-9-7-14-6-8-15(10-17(14)20-16)19-12-13-4-2-1-3-5-13;8-6-7-4-2-1-3-5-7;;/h1-11,13,15,23,25H,12,14,16-18H2;1-6,8,10,16H,7,9,11-12H2;1-5H,6,8H2;1H4;1H. The molecule has 2 unspecified atom stereocenters. The third-order valence-electron chi connectivity index (χ3n) is 9.43. The Morgan fingerprint density at radius 3 is 1.42 bits per heavy atom. The highest BCUT2D eigenvalue weighted by Crippen LogP contribution is 2.33. The van der Waals surface area contributed by atoms with Gasteiger partial charge in [0.05, 0.1) is 0 Å². The number of halogens is 2. The SMILES string of the molecule is BrCC1CCc2ccc(OCc3ccccc3)cc2O1.C.Cl.NCc1ccccc1.c1ccc(CNCC2CCc3ccc(OCc4ccccc4)cc3O2)cc1. The minimum Gasteiger partial charge on any atom is -0.489 e. The first-order valence-electron chi connectivity index (χ1n) is 19.1. The van der Waals surface area contributed by atoms with E-state index in [-0.39, 0.29) is 32.0 Å². The molecule has 0 amide bonds. The molecule has 300 valence electrons. The van der Waals surface area contributed by atoms with Gasteiger partial charge >= 0.3 is 0 Å². The first-order chi connectivity index (χ1) is 27.1. The van der Waals surface area contributed by atoms with Crippen LogP contribution in [-0.4, -0.2) is 24.1 Å². The normalized spacial score (nSPS) is 14.7. The van der Waals surface area contributed by atoms with Crippen molar-refractivity contribution in [1.82, 2.24) is 5.32 Å². The van der Waals surface area contributed by atoms with Crippen LogP contribution in [0.2, 0.25) is 0 Å². The molecule has 0 aliphatic carbocycles. The molecule has 6 aromatic carbocycles. The minimum atomic E-state index is 0. The zero-order chi connectivity index (χ0) is 37.9. The molecule has 0 fully saturated rings. The third kappa shape index (κ3) is 14.9. The van der Waals surface area contributed by atoms with Crippen molar-refractivity contribution in [1.29, 1.82) is 0 Å². The van der Waals surface area contributed by atoms with Crippen molar-refractivity contribution in [2.24, 2.45) is 5.73 Å². The van der Waals surface area contributed by atoms with Crippen LogP contribution < -0.4 is 30.0 Å². The first kappa shape index (κ1) is 44.9. The number of alkyl halides is 1. The van der Waals surface area contributed by atoms with Gasteiger partial charge in [0, 0.05) is 37.1 Å². The molecule has 2 atom stereocenters. The van der Waals surface area contributed by atoms with E-state index in [2.05, 4.69) is 81.9 Å². The Kier molecular flexibility index (Phi) is 19.5. The van der Waals surface area contributed by atoms with Crippen molar-refractivity contribution in [2.75, 3.05) is 11.9 Å². The van der Waals surface area contributed by atoms with Crippen LogP contribution in [-0.2, 0) is 39.1 Å². The van der Waals surface area contributed by atoms with Gasteiger partial charge in [0.1, 0.15) is 48.4 Å². The summed E-state index contributed by atoms with van der Waals surface area (Å²) in [7, 11) is 0. The third-order valence-corrected chi connectivity index (χ3v) is 10.1. The Bertz CT molecular complexity index is 1990. The van der Waals surface area contributed by atoms with E-state index in [9.17, 15) is 0 Å². The minimum absolute atomic E-state index is 0. The van der Waals surface area contributed by atoms with E-state index in [4.69, 9.17) is 24.7 Å². The average molecular weight is 852 g/mol. The Hall–Kier alpha value is -4.79. The average Bonchev–Trinajstić information content (AvgIpc) is 3.26. The van der Waals surface area contributed by atoms with Crippen LogP contribution in [0.15, 0.2) is 158 Å². The Labute approximate surface area is 354 Å². The fraction of sp³-hybridized carbons (Fsp3) is 0.265. The summed E-state index contributed by atoms with van der Waals surface area (Å²) in [4.78, 5) is 0. The van der Waals surface area contributed by atoms with E-state index in [0.29, 0.717) is 19.8 Å². The smallest absolute Gasteiger partial charge is 0.126 e. The largest absolute Gasteiger partial charge is 0.489 e. The fourth-order valence-electron chi connectivity index (χ4n) is 6.31. The van der Waals surface area contributed by atoms with Gasteiger partial charge in [0.2, 0.25) is 0 Å². The lowest BCUT2D eigenvalue weighted by atomic mass is 10.0. The van der Waals surface area contributed by atoms with Crippen molar-refractivity contribution < 1.29 is 18.9 Å². The quantitative estimate of drug-likeness (QED) is 0.119. The number of benzene rings is 6. The highest BCUT2D eigenvalue weighted by Gasteiger charge is 2.21. The molecule has 2 aliphatic rings. The molecule has 6 aromatic rings. The lowest BCUT2D eigenvalue weighted by molar-refractivity contribution is 0.169. The molecule has 0 saturated carbocycles. The maximum atomic E-state index is 6.22. The van der Waals surface area contributed by atoms with Gasteiger partial charge in [-0.1, -0.05) is 157 Å².